The van der Waals surface area contributed by atoms with Gasteiger partial charge in [0.25, 0.3) is 10.8 Å². The van der Waals surface area contributed by atoms with Gasteiger partial charge in [-0.15, -0.1) is 10.2 Å². The van der Waals surface area contributed by atoms with E-state index in [0.717, 1.165) is 5.56 Å². The maximum atomic E-state index is 12.2. The highest BCUT2D eigenvalue weighted by atomic mass is 32.2. The van der Waals surface area contributed by atoms with Crippen LogP contribution in [0.2, 0.25) is 0 Å². The Bertz CT molecular complexity index is 1180. The largest absolute Gasteiger partial charge is 0.411 e. The van der Waals surface area contributed by atoms with E-state index in [-0.39, 0.29) is 10.8 Å². The number of aromatic amines is 1. The van der Waals surface area contributed by atoms with Crippen LogP contribution in [0.15, 0.2) is 56.9 Å². The van der Waals surface area contributed by atoms with Crippen molar-refractivity contribution in [2.75, 3.05) is 0 Å². The third-order valence-corrected chi connectivity index (χ3v) is 5.40. The minimum absolute atomic E-state index is 0.143. The Morgan fingerprint density at radius 2 is 1.89 bits per heavy atom. The van der Waals surface area contributed by atoms with E-state index in [9.17, 15) is 4.79 Å². The van der Waals surface area contributed by atoms with Crippen molar-refractivity contribution in [2.24, 2.45) is 0 Å². The highest BCUT2D eigenvalue weighted by molar-refractivity contribution is 7.99. The molecule has 0 unspecified atom stereocenters. The predicted octanol–water partition coefficient (Wildman–Crippen LogP) is 4.44. The molecule has 4 aromatic rings. The highest BCUT2D eigenvalue weighted by Crippen LogP contribution is 2.33. The van der Waals surface area contributed by atoms with Gasteiger partial charge in [-0.25, -0.2) is 4.98 Å². The Morgan fingerprint density at radius 1 is 1.07 bits per heavy atom. The molecule has 1 atom stereocenters. The van der Waals surface area contributed by atoms with Gasteiger partial charge in [-0.1, -0.05) is 30.0 Å². The number of aromatic nitrogens is 4. The van der Waals surface area contributed by atoms with E-state index in [2.05, 4.69) is 34.0 Å². The summed E-state index contributed by atoms with van der Waals surface area (Å²) in [5, 5.41) is 9.13. The summed E-state index contributed by atoms with van der Waals surface area (Å²) in [6, 6.07) is 13.3. The predicted molar refractivity (Wildman–Crippen MR) is 106 cm³/mol. The van der Waals surface area contributed by atoms with Gasteiger partial charge in [0.15, 0.2) is 0 Å². The second kappa shape index (κ2) is 7.00. The van der Waals surface area contributed by atoms with Crippen molar-refractivity contribution in [3.8, 4) is 11.5 Å². The second-order valence-corrected chi connectivity index (χ2v) is 7.69. The maximum Gasteiger partial charge on any atom is 0.277 e. The van der Waals surface area contributed by atoms with Crippen molar-refractivity contribution in [2.45, 2.75) is 31.2 Å². The molecule has 0 fully saturated rings. The summed E-state index contributed by atoms with van der Waals surface area (Å²) < 4.78 is 5.80. The summed E-state index contributed by atoms with van der Waals surface area (Å²) in [4.78, 5) is 19.6. The molecule has 2 aromatic carbocycles. The minimum atomic E-state index is -0.149. The lowest BCUT2D eigenvalue weighted by Crippen LogP contribution is -2.12. The van der Waals surface area contributed by atoms with Crippen LogP contribution in [0, 0.1) is 13.8 Å². The first-order chi connectivity index (χ1) is 13.0. The van der Waals surface area contributed by atoms with Crippen LogP contribution in [-0.4, -0.2) is 20.2 Å². The van der Waals surface area contributed by atoms with Crippen LogP contribution in [0.1, 0.15) is 29.1 Å². The van der Waals surface area contributed by atoms with Gasteiger partial charge in [-0.2, -0.15) is 0 Å². The number of aryl methyl sites for hydroxylation is 2. The van der Waals surface area contributed by atoms with E-state index in [0.29, 0.717) is 27.8 Å². The number of hydrogen-bond acceptors (Lipinski definition) is 6. The quantitative estimate of drug-likeness (QED) is 0.528. The Balaban J connectivity index is 1.58. The molecular formula is C20H18N4O2S. The zero-order chi connectivity index (χ0) is 19.0. The molecule has 4 rings (SSSR count). The van der Waals surface area contributed by atoms with Gasteiger partial charge < -0.3 is 9.40 Å². The molecule has 6 nitrogen and oxygen atoms in total. The molecule has 0 saturated heterocycles. The average molecular weight is 378 g/mol. The monoisotopic (exact) mass is 378 g/mol. The molecule has 1 N–H and O–H groups in total. The number of nitrogens with one attached hydrogen (secondary N) is 1. The van der Waals surface area contributed by atoms with Crippen molar-refractivity contribution in [3.05, 3.63) is 69.8 Å². The number of fused-ring (bicyclic) bond motifs is 1. The first kappa shape index (κ1) is 17.5. The van der Waals surface area contributed by atoms with E-state index in [4.69, 9.17) is 4.42 Å². The fraction of sp³-hybridized carbons (Fsp3) is 0.200. The smallest absolute Gasteiger partial charge is 0.277 e. The van der Waals surface area contributed by atoms with Gasteiger partial charge in [0.2, 0.25) is 5.89 Å². The van der Waals surface area contributed by atoms with Gasteiger partial charge in [0.1, 0.15) is 5.82 Å². The van der Waals surface area contributed by atoms with Crippen LogP contribution in [0.25, 0.3) is 22.4 Å². The Morgan fingerprint density at radius 3 is 2.70 bits per heavy atom. The zero-order valence-electron chi connectivity index (χ0n) is 15.2. The summed E-state index contributed by atoms with van der Waals surface area (Å²) in [6.07, 6.45) is 0. The van der Waals surface area contributed by atoms with E-state index in [1.165, 1.54) is 22.9 Å². The SMILES string of the molecule is Cc1ccc(-c2nnc(S[C@@H](C)c3nc4ccccc4c(=O)[nH]3)o2)cc1C. The summed E-state index contributed by atoms with van der Waals surface area (Å²) in [5.74, 6) is 1.06. The molecule has 0 aliphatic heterocycles. The molecule has 7 heteroatoms. The Hall–Kier alpha value is -2.93. The number of benzene rings is 2. The number of thioether (sulfide) groups is 1. The molecule has 2 heterocycles. The molecule has 2 aromatic heterocycles. The van der Waals surface area contributed by atoms with Crippen molar-refractivity contribution >= 4 is 22.7 Å². The maximum absolute atomic E-state index is 12.2. The number of H-pyrrole nitrogens is 1. The fourth-order valence-corrected chi connectivity index (χ4v) is 3.49. The van der Waals surface area contributed by atoms with Crippen LogP contribution in [0.5, 0.6) is 0 Å². The van der Waals surface area contributed by atoms with E-state index < -0.39 is 0 Å². The van der Waals surface area contributed by atoms with Crippen LogP contribution >= 0.6 is 11.8 Å². The van der Waals surface area contributed by atoms with Crippen LogP contribution in [0.4, 0.5) is 0 Å². The lowest BCUT2D eigenvalue weighted by atomic mass is 10.1. The van der Waals surface area contributed by atoms with Gasteiger partial charge in [-0.3, -0.25) is 4.79 Å². The average Bonchev–Trinajstić information content (AvgIpc) is 3.12. The fourth-order valence-electron chi connectivity index (χ4n) is 2.75. The standard InChI is InChI=1S/C20H18N4O2S/c1-11-8-9-14(10-12(11)2)19-23-24-20(26-19)27-13(3)17-21-16-7-5-4-6-15(16)18(25)22-17/h4-10,13H,1-3H3,(H,21,22,25)/t13-/m0/s1. The van der Waals surface area contributed by atoms with Crippen molar-refractivity contribution in [1.29, 1.82) is 0 Å². The number of hydrogen-bond donors (Lipinski definition) is 1. The van der Waals surface area contributed by atoms with Gasteiger partial charge in [0.05, 0.1) is 16.2 Å². The lowest BCUT2D eigenvalue weighted by Gasteiger charge is -2.08. The van der Waals surface area contributed by atoms with E-state index >= 15 is 0 Å². The molecular weight excluding hydrogens is 360 g/mol. The molecule has 0 spiro atoms. The zero-order valence-corrected chi connectivity index (χ0v) is 16.0. The summed E-state index contributed by atoms with van der Waals surface area (Å²) >= 11 is 1.36. The molecule has 0 radical (unpaired) electrons. The Labute approximate surface area is 160 Å². The van der Waals surface area contributed by atoms with Crippen LogP contribution in [-0.2, 0) is 0 Å². The van der Waals surface area contributed by atoms with Crippen molar-refractivity contribution in [3.63, 3.8) is 0 Å². The molecule has 0 aliphatic carbocycles. The lowest BCUT2D eigenvalue weighted by molar-refractivity contribution is 0.465. The molecule has 136 valence electrons. The van der Waals surface area contributed by atoms with E-state index in [1.54, 1.807) is 6.07 Å². The third-order valence-electron chi connectivity index (χ3n) is 4.45. The van der Waals surface area contributed by atoms with Crippen molar-refractivity contribution < 1.29 is 4.42 Å². The van der Waals surface area contributed by atoms with Crippen LogP contribution in [0.3, 0.4) is 0 Å². The second-order valence-electron chi connectivity index (χ2n) is 6.40. The number of nitrogens with zero attached hydrogens (tertiary/aromatic N) is 3. The van der Waals surface area contributed by atoms with Gasteiger partial charge in [-0.05, 0) is 56.2 Å². The summed E-state index contributed by atoms with van der Waals surface area (Å²) in [7, 11) is 0. The third kappa shape index (κ3) is 3.50. The summed E-state index contributed by atoms with van der Waals surface area (Å²) in [5.41, 5.74) is 3.80. The molecule has 0 amide bonds. The molecule has 0 bridgehead atoms. The molecule has 0 saturated carbocycles. The number of rotatable bonds is 4. The normalized spacial score (nSPS) is 12.4. The van der Waals surface area contributed by atoms with E-state index in [1.807, 2.05) is 43.3 Å². The topological polar surface area (TPSA) is 84.7 Å². The highest BCUT2D eigenvalue weighted by Gasteiger charge is 2.17. The van der Waals surface area contributed by atoms with Crippen LogP contribution < -0.4 is 5.56 Å². The first-order valence-electron chi connectivity index (χ1n) is 8.58. The first-order valence-corrected chi connectivity index (χ1v) is 9.46. The van der Waals surface area contributed by atoms with Crippen molar-refractivity contribution in [1.82, 2.24) is 20.2 Å². The minimum Gasteiger partial charge on any atom is -0.411 e. The van der Waals surface area contributed by atoms with Gasteiger partial charge >= 0.3 is 0 Å². The Kier molecular flexibility index (Phi) is 4.53. The van der Waals surface area contributed by atoms with Gasteiger partial charge in [0, 0.05) is 5.56 Å². The molecule has 0 aliphatic rings. The summed E-state index contributed by atoms with van der Waals surface area (Å²) in [6.45, 7) is 6.06. The molecule has 27 heavy (non-hydrogen) atoms. The number of para-hydroxylation sites is 1.